The number of benzene rings is 1. The second-order valence-corrected chi connectivity index (χ2v) is 6.74. The third-order valence-electron chi connectivity index (χ3n) is 4.06. The minimum absolute atomic E-state index is 0.213. The Balaban J connectivity index is 1.92. The van der Waals surface area contributed by atoms with Crippen LogP contribution in [0.3, 0.4) is 0 Å². The molecule has 0 aliphatic carbocycles. The van der Waals surface area contributed by atoms with Gasteiger partial charge in [0.1, 0.15) is 11.9 Å². The molecule has 0 amide bonds. The first-order valence-corrected chi connectivity index (χ1v) is 9.11. The van der Waals surface area contributed by atoms with Gasteiger partial charge in [-0.1, -0.05) is 45.0 Å². The Bertz CT molecular complexity index is 538. The zero-order chi connectivity index (χ0) is 15.8. The van der Waals surface area contributed by atoms with Crippen LogP contribution in [0, 0.1) is 0 Å². The molecule has 3 heteroatoms. The van der Waals surface area contributed by atoms with E-state index in [2.05, 4.69) is 67.9 Å². The summed E-state index contributed by atoms with van der Waals surface area (Å²) >= 11 is 1.79. The minimum atomic E-state index is 0.213. The van der Waals surface area contributed by atoms with Crippen molar-refractivity contribution in [3.8, 4) is 5.75 Å². The average molecular weight is 317 g/mol. The molecule has 0 spiro atoms. The van der Waals surface area contributed by atoms with E-state index in [4.69, 9.17) is 4.74 Å². The van der Waals surface area contributed by atoms with Crippen LogP contribution >= 0.6 is 11.3 Å². The van der Waals surface area contributed by atoms with Gasteiger partial charge in [-0.15, -0.1) is 11.3 Å². The van der Waals surface area contributed by atoms with Gasteiger partial charge in [0, 0.05) is 18.0 Å². The minimum Gasteiger partial charge on any atom is -0.489 e. The maximum atomic E-state index is 6.28. The van der Waals surface area contributed by atoms with E-state index in [-0.39, 0.29) is 6.10 Å². The first-order chi connectivity index (χ1) is 10.7. The first-order valence-electron chi connectivity index (χ1n) is 8.23. The van der Waals surface area contributed by atoms with Gasteiger partial charge in [-0.25, -0.2) is 0 Å². The lowest BCUT2D eigenvalue weighted by Crippen LogP contribution is -2.30. The molecule has 2 nitrogen and oxygen atoms in total. The van der Waals surface area contributed by atoms with Crippen LogP contribution in [0.15, 0.2) is 41.8 Å². The molecule has 2 aromatic rings. The van der Waals surface area contributed by atoms with Gasteiger partial charge < -0.3 is 10.1 Å². The standard InChI is InChI=1S/C19H27NOS/c1-4-15(3)18-10-6-7-11-19(18)21-16(5-2)13-20-14-17-9-8-12-22-17/h6-12,15-16,20H,4-5,13-14H2,1-3H3. The summed E-state index contributed by atoms with van der Waals surface area (Å²) in [6.07, 6.45) is 2.35. The highest BCUT2D eigenvalue weighted by Crippen LogP contribution is 2.29. The molecule has 2 rings (SSSR count). The molecule has 120 valence electrons. The van der Waals surface area contributed by atoms with E-state index in [0.29, 0.717) is 5.92 Å². The van der Waals surface area contributed by atoms with Crippen molar-refractivity contribution in [2.75, 3.05) is 6.54 Å². The molecule has 1 N–H and O–H groups in total. The topological polar surface area (TPSA) is 21.3 Å². The number of rotatable bonds is 9. The predicted octanol–water partition coefficient (Wildman–Crippen LogP) is 5.21. The molecule has 1 aromatic carbocycles. The summed E-state index contributed by atoms with van der Waals surface area (Å²) in [6.45, 7) is 8.47. The lowest BCUT2D eigenvalue weighted by atomic mass is 9.98. The molecule has 2 atom stereocenters. The SMILES string of the molecule is CCC(CNCc1cccs1)Oc1ccccc1C(C)CC. The van der Waals surface area contributed by atoms with Crippen LogP contribution in [0.1, 0.15) is 50.0 Å². The Hall–Kier alpha value is -1.32. The number of hydrogen-bond donors (Lipinski definition) is 1. The van der Waals surface area contributed by atoms with Crippen molar-refractivity contribution >= 4 is 11.3 Å². The molecular formula is C19H27NOS. The van der Waals surface area contributed by atoms with Crippen molar-refractivity contribution in [1.29, 1.82) is 0 Å². The largest absolute Gasteiger partial charge is 0.489 e. The van der Waals surface area contributed by atoms with Gasteiger partial charge in [-0.2, -0.15) is 0 Å². The molecule has 22 heavy (non-hydrogen) atoms. The summed E-state index contributed by atoms with van der Waals surface area (Å²) in [7, 11) is 0. The highest BCUT2D eigenvalue weighted by atomic mass is 32.1. The summed E-state index contributed by atoms with van der Waals surface area (Å²) in [4.78, 5) is 1.37. The van der Waals surface area contributed by atoms with Crippen molar-refractivity contribution in [2.24, 2.45) is 0 Å². The van der Waals surface area contributed by atoms with Crippen molar-refractivity contribution in [2.45, 2.75) is 52.2 Å². The lowest BCUT2D eigenvalue weighted by Gasteiger charge is -2.22. The maximum absolute atomic E-state index is 6.28. The molecule has 0 radical (unpaired) electrons. The fourth-order valence-corrected chi connectivity index (χ4v) is 3.11. The fraction of sp³-hybridized carbons (Fsp3) is 0.474. The third kappa shape index (κ3) is 4.85. The summed E-state index contributed by atoms with van der Waals surface area (Å²) in [5.41, 5.74) is 1.32. The van der Waals surface area contributed by atoms with Gasteiger partial charge in [-0.3, -0.25) is 0 Å². The van der Waals surface area contributed by atoms with Crippen LogP contribution in [0.4, 0.5) is 0 Å². The van der Waals surface area contributed by atoms with E-state index in [1.165, 1.54) is 10.4 Å². The molecule has 0 saturated heterocycles. The van der Waals surface area contributed by atoms with Crippen LogP contribution in [0.5, 0.6) is 5.75 Å². The summed E-state index contributed by atoms with van der Waals surface area (Å²) in [5, 5.41) is 5.63. The van der Waals surface area contributed by atoms with Crippen LogP contribution < -0.4 is 10.1 Å². The van der Waals surface area contributed by atoms with E-state index in [0.717, 1.165) is 31.7 Å². The smallest absolute Gasteiger partial charge is 0.123 e. The Morgan fingerprint density at radius 3 is 2.59 bits per heavy atom. The van der Waals surface area contributed by atoms with E-state index >= 15 is 0 Å². The number of nitrogens with one attached hydrogen (secondary N) is 1. The van der Waals surface area contributed by atoms with E-state index in [1.807, 2.05) is 0 Å². The zero-order valence-corrected chi connectivity index (χ0v) is 14.7. The Kier molecular flexibility index (Phi) is 6.94. The molecule has 0 fully saturated rings. The van der Waals surface area contributed by atoms with Gasteiger partial charge >= 0.3 is 0 Å². The first kappa shape index (κ1) is 17.0. The number of thiophene rings is 1. The molecule has 1 aromatic heterocycles. The van der Waals surface area contributed by atoms with E-state index < -0.39 is 0 Å². The van der Waals surface area contributed by atoms with Gasteiger partial charge in [-0.05, 0) is 41.8 Å². The van der Waals surface area contributed by atoms with Crippen molar-refractivity contribution in [3.05, 3.63) is 52.2 Å². The Morgan fingerprint density at radius 1 is 1.09 bits per heavy atom. The second-order valence-electron chi connectivity index (χ2n) is 5.71. The second kappa shape index (κ2) is 8.96. The van der Waals surface area contributed by atoms with Gasteiger partial charge in [0.05, 0.1) is 0 Å². The number of hydrogen-bond acceptors (Lipinski definition) is 3. The zero-order valence-electron chi connectivity index (χ0n) is 13.8. The number of ether oxygens (including phenoxy) is 1. The molecule has 0 saturated carbocycles. The quantitative estimate of drug-likeness (QED) is 0.685. The molecule has 0 bridgehead atoms. The Morgan fingerprint density at radius 2 is 1.91 bits per heavy atom. The maximum Gasteiger partial charge on any atom is 0.123 e. The monoisotopic (exact) mass is 317 g/mol. The van der Waals surface area contributed by atoms with Crippen LogP contribution in [0.25, 0.3) is 0 Å². The summed E-state index contributed by atoms with van der Waals surface area (Å²) in [5.74, 6) is 1.58. The summed E-state index contributed by atoms with van der Waals surface area (Å²) < 4.78 is 6.28. The lowest BCUT2D eigenvalue weighted by molar-refractivity contribution is 0.190. The van der Waals surface area contributed by atoms with Crippen molar-refractivity contribution < 1.29 is 4.74 Å². The molecule has 1 heterocycles. The average Bonchev–Trinajstić information content (AvgIpc) is 3.07. The van der Waals surface area contributed by atoms with Gasteiger partial charge in [0.25, 0.3) is 0 Å². The van der Waals surface area contributed by atoms with Crippen LogP contribution in [-0.4, -0.2) is 12.6 Å². The third-order valence-corrected chi connectivity index (χ3v) is 4.94. The van der Waals surface area contributed by atoms with Crippen LogP contribution in [0.2, 0.25) is 0 Å². The van der Waals surface area contributed by atoms with E-state index in [9.17, 15) is 0 Å². The van der Waals surface area contributed by atoms with Crippen molar-refractivity contribution in [1.82, 2.24) is 5.32 Å². The highest BCUT2D eigenvalue weighted by Gasteiger charge is 2.14. The normalized spacial score (nSPS) is 13.8. The van der Waals surface area contributed by atoms with Gasteiger partial charge in [0.15, 0.2) is 0 Å². The van der Waals surface area contributed by atoms with Crippen LogP contribution in [-0.2, 0) is 6.54 Å². The van der Waals surface area contributed by atoms with Crippen molar-refractivity contribution in [3.63, 3.8) is 0 Å². The Labute approximate surface area is 138 Å². The number of para-hydroxylation sites is 1. The molecule has 0 aliphatic rings. The summed E-state index contributed by atoms with van der Waals surface area (Å²) in [6, 6.07) is 12.7. The molecule has 0 aliphatic heterocycles. The highest BCUT2D eigenvalue weighted by molar-refractivity contribution is 7.09. The van der Waals surface area contributed by atoms with E-state index in [1.54, 1.807) is 11.3 Å². The molecular weight excluding hydrogens is 290 g/mol. The fourth-order valence-electron chi connectivity index (χ4n) is 2.43. The predicted molar refractivity (Wildman–Crippen MR) is 95.9 cm³/mol. The van der Waals surface area contributed by atoms with Gasteiger partial charge in [0.2, 0.25) is 0 Å². The molecule has 2 unspecified atom stereocenters.